The van der Waals surface area contributed by atoms with E-state index in [1.807, 2.05) is 19.1 Å². The first-order chi connectivity index (χ1) is 16.1. The van der Waals surface area contributed by atoms with Crippen LogP contribution in [0.2, 0.25) is 0 Å². The second kappa shape index (κ2) is 9.42. The van der Waals surface area contributed by atoms with Crippen LogP contribution in [0.25, 0.3) is 5.69 Å². The van der Waals surface area contributed by atoms with Gasteiger partial charge in [-0.2, -0.15) is 18.3 Å². The third-order valence-corrected chi connectivity index (χ3v) is 6.08. The van der Waals surface area contributed by atoms with Crippen LogP contribution in [0.15, 0.2) is 59.4 Å². The number of aromatic nitrogens is 2. The fraction of sp³-hybridized carbons (Fsp3) is 0.320. The summed E-state index contributed by atoms with van der Waals surface area (Å²) < 4.78 is 40.5. The minimum atomic E-state index is -4.52. The summed E-state index contributed by atoms with van der Waals surface area (Å²) in [6, 6.07) is 14.1. The van der Waals surface area contributed by atoms with Crippen molar-refractivity contribution in [3.63, 3.8) is 0 Å². The van der Waals surface area contributed by atoms with Crippen LogP contribution in [0.5, 0.6) is 0 Å². The number of amides is 1. The van der Waals surface area contributed by atoms with Crippen LogP contribution >= 0.6 is 0 Å². The number of carbonyl (C=O) groups excluding carboxylic acids is 1. The zero-order valence-corrected chi connectivity index (χ0v) is 18.9. The summed E-state index contributed by atoms with van der Waals surface area (Å²) in [5.41, 5.74) is 1.23. The smallest absolute Gasteiger partial charge is 0.349 e. The molecule has 1 unspecified atom stereocenters. The van der Waals surface area contributed by atoms with Crippen LogP contribution in [-0.4, -0.2) is 39.7 Å². The first-order valence-corrected chi connectivity index (χ1v) is 11.0. The number of carbonyl (C=O) groups is 1. The summed E-state index contributed by atoms with van der Waals surface area (Å²) in [5, 5.41) is 6.85. The Kier molecular flexibility index (Phi) is 6.56. The van der Waals surface area contributed by atoms with Crippen LogP contribution in [0.4, 0.5) is 13.2 Å². The third kappa shape index (κ3) is 5.04. The molecule has 1 aromatic heterocycles. The lowest BCUT2D eigenvalue weighted by molar-refractivity contribution is -0.137. The van der Waals surface area contributed by atoms with E-state index in [-0.39, 0.29) is 17.4 Å². The number of hydrogen-bond donors (Lipinski definition) is 1. The highest BCUT2D eigenvalue weighted by Gasteiger charge is 2.31. The second-order valence-electron chi connectivity index (χ2n) is 8.51. The highest BCUT2D eigenvalue weighted by Crippen LogP contribution is 2.30. The summed E-state index contributed by atoms with van der Waals surface area (Å²) in [6.07, 6.45) is -3.59. The number of alkyl halides is 3. The van der Waals surface area contributed by atoms with Gasteiger partial charge in [-0.3, -0.25) is 14.5 Å². The summed E-state index contributed by atoms with van der Waals surface area (Å²) in [7, 11) is 0. The number of halogens is 3. The van der Waals surface area contributed by atoms with Crippen LogP contribution in [-0.2, 0) is 19.1 Å². The topological polar surface area (TPSA) is 67.2 Å². The molecule has 34 heavy (non-hydrogen) atoms. The Morgan fingerprint density at radius 2 is 1.85 bits per heavy atom. The second-order valence-corrected chi connectivity index (χ2v) is 8.51. The SMILES string of the molecule is Cc1cc(=O)c(C(=O)NCC(C)N2CCc3ccccc3C2)nn1-c1cccc(C(F)(F)F)c1. The summed E-state index contributed by atoms with van der Waals surface area (Å²) in [4.78, 5) is 27.5. The van der Waals surface area contributed by atoms with Gasteiger partial charge < -0.3 is 5.32 Å². The van der Waals surface area contributed by atoms with Gasteiger partial charge >= 0.3 is 6.18 Å². The van der Waals surface area contributed by atoms with Gasteiger partial charge in [-0.05, 0) is 49.6 Å². The molecule has 1 amide bonds. The van der Waals surface area contributed by atoms with Crippen molar-refractivity contribution in [1.29, 1.82) is 0 Å². The lowest BCUT2D eigenvalue weighted by Crippen LogP contribution is -2.45. The lowest BCUT2D eigenvalue weighted by atomic mass is 9.99. The molecule has 0 saturated heterocycles. The van der Waals surface area contributed by atoms with Crippen LogP contribution in [0.3, 0.4) is 0 Å². The molecule has 2 aromatic carbocycles. The number of nitrogens with one attached hydrogen (secondary N) is 1. The van der Waals surface area contributed by atoms with Crippen molar-refractivity contribution in [3.8, 4) is 5.69 Å². The average Bonchev–Trinajstić information content (AvgIpc) is 2.81. The van der Waals surface area contributed by atoms with Gasteiger partial charge in [-0.25, -0.2) is 4.68 Å². The summed E-state index contributed by atoms with van der Waals surface area (Å²) in [5.74, 6) is -0.657. The molecule has 0 radical (unpaired) electrons. The van der Waals surface area contributed by atoms with Crippen molar-refractivity contribution in [2.75, 3.05) is 13.1 Å². The molecule has 0 fully saturated rings. The summed E-state index contributed by atoms with van der Waals surface area (Å²) in [6.45, 7) is 5.49. The van der Waals surface area contributed by atoms with Gasteiger partial charge in [-0.1, -0.05) is 30.3 Å². The molecule has 2 heterocycles. The van der Waals surface area contributed by atoms with E-state index in [1.54, 1.807) is 6.92 Å². The van der Waals surface area contributed by atoms with Gasteiger partial charge in [0.25, 0.3) is 5.91 Å². The number of benzene rings is 2. The molecule has 1 aliphatic rings. The fourth-order valence-electron chi connectivity index (χ4n) is 4.13. The maximum atomic E-state index is 13.1. The molecule has 9 heteroatoms. The molecule has 0 bridgehead atoms. The zero-order chi connectivity index (χ0) is 24.5. The van der Waals surface area contributed by atoms with Crippen molar-refractivity contribution in [1.82, 2.24) is 20.0 Å². The van der Waals surface area contributed by atoms with E-state index in [2.05, 4.69) is 27.4 Å². The van der Waals surface area contributed by atoms with E-state index < -0.39 is 23.1 Å². The van der Waals surface area contributed by atoms with E-state index in [4.69, 9.17) is 0 Å². The molecule has 1 atom stereocenters. The van der Waals surface area contributed by atoms with Crippen molar-refractivity contribution in [2.45, 2.75) is 39.0 Å². The van der Waals surface area contributed by atoms with Gasteiger partial charge in [-0.15, -0.1) is 0 Å². The Labute approximate surface area is 195 Å². The van der Waals surface area contributed by atoms with Crippen molar-refractivity contribution < 1.29 is 18.0 Å². The Balaban J connectivity index is 1.49. The van der Waals surface area contributed by atoms with E-state index in [0.29, 0.717) is 12.2 Å². The van der Waals surface area contributed by atoms with E-state index >= 15 is 0 Å². The van der Waals surface area contributed by atoms with Crippen molar-refractivity contribution in [3.05, 3.63) is 92.9 Å². The molecule has 6 nitrogen and oxygen atoms in total. The van der Waals surface area contributed by atoms with E-state index in [9.17, 15) is 22.8 Å². The zero-order valence-electron chi connectivity index (χ0n) is 18.9. The minimum Gasteiger partial charge on any atom is -0.349 e. The van der Waals surface area contributed by atoms with Crippen LogP contribution in [0.1, 0.15) is 39.8 Å². The van der Waals surface area contributed by atoms with E-state index in [1.165, 1.54) is 34.0 Å². The number of rotatable bonds is 5. The van der Waals surface area contributed by atoms with Crippen molar-refractivity contribution >= 4 is 5.91 Å². The number of aryl methyl sites for hydroxylation is 1. The number of fused-ring (bicyclic) bond motifs is 1. The Hall–Kier alpha value is -3.46. The molecule has 1 N–H and O–H groups in total. The Bertz CT molecular complexity index is 1270. The van der Waals surface area contributed by atoms with Crippen LogP contribution < -0.4 is 10.7 Å². The molecule has 0 saturated carbocycles. The predicted molar refractivity (Wildman–Crippen MR) is 122 cm³/mol. The molecule has 1 aliphatic heterocycles. The highest BCUT2D eigenvalue weighted by molar-refractivity contribution is 5.92. The molecule has 178 valence electrons. The largest absolute Gasteiger partial charge is 0.416 e. The Morgan fingerprint density at radius 3 is 2.59 bits per heavy atom. The molecule has 0 aliphatic carbocycles. The maximum absolute atomic E-state index is 13.1. The normalized spacial score (nSPS) is 15.0. The third-order valence-electron chi connectivity index (χ3n) is 6.08. The standard InChI is InChI=1S/C25H25F3N4O2/c1-16-12-22(33)23(30-32(16)21-9-5-8-20(13-21)25(26,27)28)24(34)29-14-17(2)31-11-10-18-6-3-4-7-19(18)15-31/h3-9,12-13,17H,10-11,14-15H2,1-2H3,(H,29,34). The molecular formula is C25H25F3N4O2. The van der Waals surface area contributed by atoms with Crippen LogP contribution in [0, 0.1) is 6.92 Å². The first-order valence-electron chi connectivity index (χ1n) is 11.0. The lowest BCUT2D eigenvalue weighted by Gasteiger charge is -2.33. The molecular weight excluding hydrogens is 445 g/mol. The average molecular weight is 470 g/mol. The molecule has 0 spiro atoms. The molecule has 4 rings (SSSR count). The number of hydrogen-bond acceptors (Lipinski definition) is 4. The van der Waals surface area contributed by atoms with Gasteiger partial charge in [0.15, 0.2) is 5.69 Å². The number of nitrogens with zero attached hydrogens (tertiary/aromatic N) is 3. The van der Waals surface area contributed by atoms with Crippen molar-refractivity contribution in [2.24, 2.45) is 0 Å². The maximum Gasteiger partial charge on any atom is 0.416 e. The molecule has 3 aromatic rings. The van der Waals surface area contributed by atoms with E-state index in [0.717, 1.165) is 31.6 Å². The van der Waals surface area contributed by atoms with Gasteiger partial charge in [0.05, 0.1) is 11.3 Å². The first kappa shape index (κ1) is 23.7. The monoisotopic (exact) mass is 470 g/mol. The predicted octanol–water partition coefficient (Wildman–Crippen LogP) is 3.74. The van der Waals surface area contributed by atoms with Gasteiger partial charge in [0.2, 0.25) is 5.43 Å². The summed E-state index contributed by atoms with van der Waals surface area (Å²) >= 11 is 0. The Morgan fingerprint density at radius 1 is 1.12 bits per heavy atom. The quantitative estimate of drug-likeness (QED) is 0.617. The highest BCUT2D eigenvalue weighted by atomic mass is 19.4. The minimum absolute atomic E-state index is 0.0217. The van der Waals surface area contributed by atoms with Gasteiger partial charge in [0.1, 0.15) is 0 Å². The fourth-order valence-corrected chi connectivity index (χ4v) is 4.13. The van der Waals surface area contributed by atoms with Gasteiger partial charge in [0, 0.05) is 37.4 Å².